The van der Waals surface area contributed by atoms with E-state index < -0.39 is 4.92 Å². The Bertz CT molecular complexity index is 808. The van der Waals surface area contributed by atoms with Crippen LogP contribution in [0.5, 0.6) is 0 Å². The van der Waals surface area contributed by atoms with Crippen LogP contribution in [0, 0.1) is 45.6 Å². The Kier molecular flexibility index (Phi) is 2.69. The molecule has 0 aromatic carbocycles. The molecule has 5 aliphatic rings. The van der Waals surface area contributed by atoms with Gasteiger partial charge in [-0.05, 0) is 36.2 Å². The molecule has 122 valence electrons. The molecule has 1 aromatic rings. The predicted octanol–water partition coefficient (Wildman–Crippen LogP) is 2.04. The number of carbonyl (C=O) groups excluding carboxylic acids is 2. The lowest BCUT2D eigenvalue weighted by Gasteiger charge is -2.37. The van der Waals surface area contributed by atoms with E-state index in [2.05, 4.69) is 17.3 Å². The number of thiophene rings is 1. The van der Waals surface area contributed by atoms with E-state index in [0.29, 0.717) is 16.7 Å². The third kappa shape index (κ3) is 1.74. The Balaban J connectivity index is 1.42. The summed E-state index contributed by atoms with van der Waals surface area (Å²) in [6.45, 7) is 0. The van der Waals surface area contributed by atoms with Crippen molar-refractivity contribution in [3.05, 3.63) is 39.3 Å². The maximum atomic E-state index is 12.7. The topological polar surface area (TPSA) is 92.9 Å². The minimum absolute atomic E-state index is 0.00604. The highest BCUT2D eigenvalue weighted by atomic mass is 32.1. The van der Waals surface area contributed by atoms with Crippen molar-refractivity contribution in [1.82, 2.24) is 5.01 Å². The zero-order valence-electron chi connectivity index (χ0n) is 12.4. The normalized spacial score (nSPS) is 38.8. The Morgan fingerprint density at radius 3 is 2.33 bits per heavy atom. The molecule has 24 heavy (non-hydrogen) atoms. The highest BCUT2D eigenvalue weighted by Crippen LogP contribution is 2.65. The van der Waals surface area contributed by atoms with Gasteiger partial charge in [-0.1, -0.05) is 23.5 Å². The number of nitro groups is 1. The number of nitrogens with zero attached hydrogens (tertiary/aromatic N) is 3. The van der Waals surface area contributed by atoms with Gasteiger partial charge < -0.3 is 0 Å². The monoisotopic (exact) mass is 343 g/mol. The summed E-state index contributed by atoms with van der Waals surface area (Å²) in [7, 11) is 0. The summed E-state index contributed by atoms with van der Waals surface area (Å²) in [6.07, 6.45) is 6.71. The molecule has 0 N–H and O–H groups in total. The number of hydrazone groups is 1. The van der Waals surface area contributed by atoms with Gasteiger partial charge >= 0.3 is 5.00 Å². The summed E-state index contributed by atoms with van der Waals surface area (Å²) in [5.41, 5.74) is 0. The summed E-state index contributed by atoms with van der Waals surface area (Å²) < 4.78 is 0. The van der Waals surface area contributed by atoms with E-state index in [1.807, 2.05) is 0 Å². The average Bonchev–Trinajstić information content (AvgIpc) is 3.20. The van der Waals surface area contributed by atoms with Crippen molar-refractivity contribution in [2.75, 3.05) is 0 Å². The van der Waals surface area contributed by atoms with Gasteiger partial charge in [0, 0.05) is 6.07 Å². The van der Waals surface area contributed by atoms with Crippen molar-refractivity contribution in [3.8, 4) is 0 Å². The molecule has 2 heterocycles. The van der Waals surface area contributed by atoms with E-state index in [9.17, 15) is 19.7 Å². The van der Waals surface area contributed by atoms with Gasteiger partial charge in [0.15, 0.2) is 0 Å². The van der Waals surface area contributed by atoms with Crippen LogP contribution in [0.25, 0.3) is 0 Å². The van der Waals surface area contributed by atoms with Gasteiger partial charge in [0.25, 0.3) is 11.8 Å². The smallest absolute Gasteiger partial charge is 0.272 e. The molecule has 2 bridgehead atoms. The van der Waals surface area contributed by atoms with E-state index in [4.69, 9.17) is 0 Å². The summed E-state index contributed by atoms with van der Waals surface area (Å²) in [5, 5.41) is 15.8. The second kappa shape index (κ2) is 4.60. The first kappa shape index (κ1) is 14.0. The van der Waals surface area contributed by atoms with Crippen LogP contribution < -0.4 is 0 Å². The van der Waals surface area contributed by atoms with Gasteiger partial charge in [-0.2, -0.15) is 10.1 Å². The third-order valence-corrected chi connectivity index (χ3v) is 6.70. The second-order valence-electron chi connectivity index (χ2n) is 6.82. The lowest BCUT2D eigenvalue weighted by Crippen LogP contribution is -2.40. The van der Waals surface area contributed by atoms with E-state index in [-0.39, 0.29) is 40.5 Å². The standard InChI is InChI=1S/C16H13N3O4S/c20-15-13-8-2-3-9(11-5-10(8)11)14(13)16(21)18(15)17-6-7-1-4-12(24-7)19(22)23/h1-4,6,8-11,13-14H,5H2/b17-6-/t8-,9-,10-,11-,13+,14+/m1/s1. The summed E-state index contributed by atoms with van der Waals surface area (Å²) in [4.78, 5) is 36.2. The van der Waals surface area contributed by atoms with Crippen LogP contribution in [0.15, 0.2) is 29.4 Å². The molecule has 2 amide bonds. The minimum atomic E-state index is -0.474. The van der Waals surface area contributed by atoms with Gasteiger partial charge in [0.1, 0.15) is 0 Å². The summed E-state index contributed by atoms with van der Waals surface area (Å²) in [5.74, 6) is 0.462. The number of imide groups is 1. The van der Waals surface area contributed by atoms with Crippen LogP contribution in [0.1, 0.15) is 11.3 Å². The fourth-order valence-corrected chi connectivity index (χ4v) is 5.37. The molecule has 6 rings (SSSR count). The number of hydrogen-bond donors (Lipinski definition) is 0. The molecule has 8 heteroatoms. The third-order valence-electron chi connectivity index (χ3n) is 5.73. The zero-order chi connectivity index (χ0) is 16.6. The predicted molar refractivity (Wildman–Crippen MR) is 85.1 cm³/mol. The molecular weight excluding hydrogens is 330 g/mol. The number of hydrogen-bond acceptors (Lipinski definition) is 6. The van der Waals surface area contributed by atoms with E-state index in [0.717, 1.165) is 22.8 Å². The molecule has 1 aliphatic heterocycles. The number of allylic oxidation sites excluding steroid dienone is 2. The van der Waals surface area contributed by atoms with E-state index in [1.165, 1.54) is 12.3 Å². The lowest BCUT2D eigenvalue weighted by molar-refractivity contribution is -0.380. The Labute approximate surface area is 140 Å². The molecule has 3 fully saturated rings. The molecule has 4 aliphatic carbocycles. The fraction of sp³-hybridized carbons (Fsp3) is 0.438. The Morgan fingerprint density at radius 1 is 1.17 bits per heavy atom. The van der Waals surface area contributed by atoms with Crippen LogP contribution in [-0.4, -0.2) is 28.0 Å². The van der Waals surface area contributed by atoms with Crippen molar-refractivity contribution in [2.45, 2.75) is 6.42 Å². The molecule has 0 unspecified atom stereocenters. The number of carbonyl (C=O) groups is 2. The van der Waals surface area contributed by atoms with Gasteiger partial charge in [-0.3, -0.25) is 19.7 Å². The molecule has 7 nitrogen and oxygen atoms in total. The van der Waals surface area contributed by atoms with Gasteiger partial charge in [0.05, 0.1) is 27.9 Å². The van der Waals surface area contributed by atoms with Crippen LogP contribution in [0.4, 0.5) is 5.00 Å². The molecular formula is C16H13N3O4S. The zero-order valence-corrected chi connectivity index (χ0v) is 13.3. The summed E-state index contributed by atoms with van der Waals surface area (Å²) >= 11 is 0.963. The van der Waals surface area contributed by atoms with Crippen LogP contribution in [0.3, 0.4) is 0 Å². The van der Waals surface area contributed by atoms with Gasteiger partial charge in [0.2, 0.25) is 0 Å². The first-order valence-electron chi connectivity index (χ1n) is 7.90. The summed E-state index contributed by atoms with van der Waals surface area (Å²) in [6, 6.07) is 2.95. The largest absolute Gasteiger partial charge is 0.324 e. The highest BCUT2D eigenvalue weighted by molar-refractivity contribution is 7.16. The molecule has 1 aromatic heterocycles. The second-order valence-corrected chi connectivity index (χ2v) is 7.91. The first-order valence-corrected chi connectivity index (χ1v) is 8.72. The van der Waals surface area contributed by atoms with Gasteiger partial charge in [-0.25, -0.2) is 0 Å². The van der Waals surface area contributed by atoms with Crippen LogP contribution in [-0.2, 0) is 9.59 Å². The lowest BCUT2D eigenvalue weighted by atomic mass is 9.63. The van der Waals surface area contributed by atoms with Crippen LogP contribution in [0.2, 0.25) is 0 Å². The van der Waals surface area contributed by atoms with E-state index >= 15 is 0 Å². The molecule has 0 radical (unpaired) electrons. The number of amides is 2. The number of rotatable bonds is 3. The molecule has 6 atom stereocenters. The Hall–Kier alpha value is -2.35. The molecule has 0 spiro atoms. The van der Waals surface area contributed by atoms with E-state index in [1.54, 1.807) is 6.07 Å². The molecule has 1 saturated heterocycles. The highest BCUT2D eigenvalue weighted by Gasteiger charge is 2.67. The maximum absolute atomic E-state index is 12.7. The van der Waals surface area contributed by atoms with Crippen molar-refractivity contribution in [1.29, 1.82) is 0 Å². The Morgan fingerprint density at radius 2 is 1.79 bits per heavy atom. The SMILES string of the molecule is O=C1[C@H]2[C@@H]3C=C[C@H]([C@H]4C[C@H]34)[C@@H]2C(=O)N1/N=C\c1ccc([N+](=O)[O-])s1. The quantitative estimate of drug-likeness (QED) is 0.276. The van der Waals surface area contributed by atoms with Crippen molar-refractivity contribution < 1.29 is 14.5 Å². The molecule has 2 saturated carbocycles. The first-order chi connectivity index (χ1) is 11.6. The van der Waals surface area contributed by atoms with Crippen molar-refractivity contribution >= 4 is 34.4 Å². The van der Waals surface area contributed by atoms with Crippen LogP contribution >= 0.6 is 11.3 Å². The average molecular weight is 343 g/mol. The van der Waals surface area contributed by atoms with Crippen molar-refractivity contribution in [2.24, 2.45) is 40.6 Å². The fourth-order valence-electron chi connectivity index (χ4n) is 4.68. The maximum Gasteiger partial charge on any atom is 0.324 e. The van der Waals surface area contributed by atoms with Crippen molar-refractivity contribution in [3.63, 3.8) is 0 Å². The van der Waals surface area contributed by atoms with Gasteiger partial charge in [-0.15, -0.1) is 0 Å². The minimum Gasteiger partial charge on any atom is -0.272 e.